The van der Waals surface area contributed by atoms with Crippen molar-refractivity contribution in [1.29, 1.82) is 0 Å². The van der Waals surface area contributed by atoms with Crippen molar-refractivity contribution in [3.63, 3.8) is 0 Å². The van der Waals surface area contributed by atoms with E-state index in [1.54, 1.807) is 0 Å². The maximum atomic E-state index is 11.5. The van der Waals surface area contributed by atoms with Crippen LogP contribution in [0.15, 0.2) is 12.1 Å². The summed E-state index contributed by atoms with van der Waals surface area (Å²) in [6, 6.07) is 3.81. The topological polar surface area (TPSA) is 46.3 Å². The fourth-order valence-corrected chi connectivity index (χ4v) is 1.96. The second kappa shape index (κ2) is 4.66. The van der Waals surface area contributed by atoms with Crippen LogP contribution in [0.4, 0.5) is 0 Å². The third-order valence-electron chi connectivity index (χ3n) is 2.96. The van der Waals surface area contributed by atoms with Crippen LogP contribution in [0.1, 0.15) is 28.3 Å². The summed E-state index contributed by atoms with van der Waals surface area (Å²) < 4.78 is 0. The number of likely N-dealkylation sites (N-methyl/N-ethyl adjacent to an activating group) is 1. The molecule has 0 fully saturated rings. The Kier molecular flexibility index (Phi) is 3.70. The highest BCUT2D eigenvalue weighted by Crippen LogP contribution is 2.24. The standard InChI is InChI=1S/C13H20N2O/c1-8-6-10(3)11(7-9(8)2)12(13(14)16)15(4)5/h6-7,12H,1-5H3,(H2,14,16). The molecule has 0 aromatic heterocycles. The van der Waals surface area contributed by atoms with Crippen LogP contribution >= 0.6 is 0 Å². The number of hydrogen-bond donors (Lipinski definition) is 1. The van der Waals surface area contributed by atoms with Crippen LogP contribution in [0.2, 0.25) is 0 Å². The third-order valence-corrected chi connectivity index (χ3v) is 2.96. The van der Waals surface area contributed by atoms with E-state index in [9.17, 15) is 4.79 Å². The van der Waals surface area contributed by atoms with Crippen LogP contribution in [0.5, 0.6) is 0 Å². The number of rotatable bonds is 3. The van der Waals surface area contributed by atoms with Gasteiger partial charge in [0.15, 0.2) is 0 Å². The van der Waals surface area contributed by atoms with Gasteiger partial charge < -0.3 is 5.73 Å². The lowest BCUT2D eigenvalue weighted by atomic mass is 9.95. The number of aryl methyl sites for hydroxylation is 3. The number of nitrogens with zero attached hydrogens (tertiary/aromatic N) is 1. The maximum Gasteiger partial charge on any atom is 0.239 e. The fraction of sp³-hybridized carbons (Fsp3) is 0.462. The zero-order valence-corrected chi connectivity index (χ0v) is 10.7. The molecule has 1 atom stereocenters. The van der Waals surface area contributed by atoms with Gasteiger partial charge in [-0.1, -0.05) is 12.1 Å². The summed E-state index contributed by atoms with van der Waals surface area (Å²) in [5.74, 6) is -0.309. The molecule has 0 aliphatic heterocycles. The van der Waals surface area contributed by atoms with E-state index >= 15 is 0 Å². The number of primary amides is 1. The van der Waals surface area contributed by atoms with Gasteiger partial charge in [-0.25, -0.2) is 0 Å². The average Bonchev–Trinajstić information content (AvgIpc) is 2.12. The van der Waals surface area contributed by atoms with Crippen LogP contribution in [0.3, 0.4) is 0 Å². The first-order valence-electron chi connectivity index (χ1n) is 5.38. The maximum absolute atomic E-state index is 11.5. The number of carbonyl (C=O) groups excluding carboxylic acids is 1. The number of nitrogens with two attached hydrogens (primary N) is 1. The van der Waals surface area contributed by atoms with Gasteiger partial charge >= 0.3 is 0 Å². The molecule has 0 saturated heterocycles. The lowest BCUT2D eigenvalue weighted by Gasteiger charge is -2.24. The molecule has 3 nitrogen and oxygen atoms in total. The van der Waals surface area contributed by atoms with Crippen molar-refractivity contribution >= 4 is 5.91 Å². The molecule has 3 heteroatoms. The minimum atomic E-state index is -0.348. The molecule has 2 N–H and O–H groups in total. The highest BCUT2D eigenvalue weighted by atomic mass is 16.1. The summed E-state index contributed by atoms with van der Waals surface area (Å²) in [5, 5.41) is 0. The molecule has 1 amide bonds. The second-order valence-electron chi connectivity index (χ2n) is 4.56. The molecule has 1 aromatic rings. The first-order valence-corrected chi connectivity index (χ1v) is 5.38. The largest absolute Gasteiger partial charge is 0.368 e. The van der Waals surface area contributed by atoms with Gasteiger partial charge in [0.25, 0.3) is 0 Å². The van der Waals surface area contributed by atoms with E-state index in [2.05, 4.69) is 19.1 Å². The summed E-state index contributed by atoms with van der Waals surface area (Å²) >= 11 is 0. The minimum absolute atomic E-state index is 0.309. The predicted octanol–water partition coefficient (Wildman–Crippen LogP) is 1.70. The third kappa shape index (κ3) is 2.42. The second-order valence-corrected chi connectivity index (χ2v) is 4.56. The van der Waals surface area contributed by atoms with E-state index in [1.165, 1.54) is 11.1 Å². The lowest BCUT2D eigenvalue weighted by Crippen LogP contribution is -2.33. The van der Waals surface area contributed by atoms with Crippen molar-refractivity contribution in [2.24, 2.45) is 5.73 Å². The predicted molar refractivity (Wildman–Crippen MR) is 66.3 cm³/mol. The SMILES string of the molecule is Cc1cc(C)c(C(C(N)=O)N(C)C)cc1C. The van der Waals surface area contributed by atoms with Gasteiger partial charge in [0.05, 0.1) is 0 Å². The Labute approximate surface area is 97.2 Å². The van der Waals surface area contributed by atoms with Crippen LogP contribution < -0.4 is 5.73 Å². The van der Waals surface area contributed by atoms with Gasteiger partial charge in [0.2, 0.25) is 5.91 Å². The molecule has 0 saturated carbocycles. The van der Waals surface area contributed by atoms with Crippen LogP contribution in [0, 0.1) is 20.8 Å². The fourth-order valence-electron chi connectivity index (χ4n) is 1.96. The number of benzene rings is 1. The van der Waals surface area contributed by atoms with Crippen molar-refractivity contribution in [1.82, 2.24) is 4.90 Å². The van der Waals surface area contributed by atoms with Gasteiger partial charge in [-0.05, 0) is 57.1 Å². The van der Waals surface area contributed by atoms with Crippen molar-refractivity contribution in [2.75, 3.05) is 14.1 Å². The number of amides is 1. The zero-order chi connectivity index (χ0) is 12.5. The normalized spacial score (nSPS) is 12.9. The van der Waals surface area contributed by atoms with E-state index in [1.807, 2.05) is 32.8 Å². The molecular formula is C13H20N2O. The molecule has 1 unspecified atom stereocenters. The molecule has 0 radical (unpaired) electrons. The van der Waals surface area contributed by atoms with Crippen LogP contribution in [-0.4, -0.2) is 24.9 Å². The molecule has 88 valence electrons. The van der Waals surface area contributed by atoms with Crippen molar-refractivity contribution in [3.8, 4) is 0 Å². The van der Waals surface area contributed by atoms with Crippen molar-refractivity contribution in [3.05, 3.63) is 34.4 Å². The van der Waals surface area contributed by atoms with Crippen molar-refractivity contribution in [2.45, 2.75) is 26.8 Å². The van der Waals surface area contributed by atoms with Gasteiger partial charge in [0.1, 0.15) is 6.04 Å². The first kappa shape index (κ1) is 12.7. The minimum Gasteiger partial charge on any atom is -0.368 e. The Morgan fingerprint density at radius 3 is 2.06 bits per heavy atom. The Hall–Kier alpha value is -1.35. The molecule has 0 bridgehead atoms. The van der Waals surface area contributed by atoms with Gasteiger partial charge in [-0.3, -0.25) is 9.69 Å². The molecule has 1 aromatic carbocycles. The van der Waals surface area contributed by atoms with Crippen LogP contribution in [-0.2, 0) is 4.79 Å². The highest BCUT2D eigenvalue weighted by molar-refractivity contribution is 5.82. The van der Waals surface area contributed by atoms with Gasteiger partial charge in [-0.15, -0.1) is 0 Å². The summed E-state index contributed by atoms with van der Waals surface area (Å²) in [5.41, 5.74) is 9.99. The van der Waals surface area contributed by atoms with Crippen molar-refractivity contribution < 1.29 is 4.79 Å². The quantitative estimate of drug-likeness (QED) is 0.842. The Bertz CT molecular complexity index is 411. The molecule has 0 aliphatic rings. The van der Waals surface area contributed by atoms with E-state index in [4.69, 9.17) is 5.73 Å². The Morgan fingerprint density at radius 2 is 1.62 bits per heavy atom. The van der Waals surface area contributed by atoms with E-state index in [0.717, 1.165) is 11.1 Å². The number of carbonyl (C=O) groups is 1. The van der Waals surface area contributed by atoms with Gasteiger partial charge in [0, 0.05) is 0 Å². The lowest BCUT2D eigenvalue weighted by molar-refractivity contribution is -0.122. The highest BCUT2D eigenvalue weighted by Gasteiger charge is 2.22. The van der Waals surface area contributed by atoms with E-state index < -0.39 is 0 Å². The van der Waals surface area contributed by atoms with Crippen LogP contribution in [0.25, 0.3) is 0 Å². The Morgan fingerprint density at radius 1 is 1.12 bits per heavy atom. The van der Waals surface area contributed by atoms with E-state index in [-0.39, 0.29) is 11.9 Å². The molecular weight excluding hydrogens is 200 g/mol. The monoisotopic (exact) mass is 220 g/mol. The average molecular weight is 220 g/mol. The number of hydrogen-bond acceptors (Lipinski definition) is 2. The van der Waals surface area contributed by atoms with Gasteiger partial charge in [-0.2, -0.15) is 0 Å². The summed E-state index contributed by atoms with van der Waals surface area (Å²) in [7, 11) is 3.73. The zero-order valence-electron chi connectivity index (χ0n) is 10.7. The molecule has 0 spiro atoms. The Balaban J connectivity index is 3.30. The summed E-state index contributed by atoms with van der Waals surface area (Å²) in [6.45, 7) is 6.13. The van der Waals surface area contributed by atoms with E-state index in [0.29, 0.717) is 0 Å². The summed E-state index contributed by atoms with van der Waals surface area (Å²) in [6.07, 6.45) is 0. The summed E-state index contributed by atoms with van der Waals surface area (Å²) in [4.78, 5) is 13.3. The molecule has 0 aliphatic carbocycles. The molecule has 1 rings (SSSR count). The molecule has 16 heavy (non-hydrogen) atoms. The molecule has 0 heterocycles. The first-order chi connectivity index (χ1) is 7.34. The smallest absolute Gasteiger partial charge is 0.239 e.